The molecular weight excluding hydrogens is 210 g/mol. The van der Waals surface area contributed by atoms with Gasteiger partial charge in [0, 0.05) is 18.7 Å². The fourth-order valence-corrected chi connectivity index (χ4v) is 2.97. The van der Waals surface area contributed by atoms with Crippen molar-refractivity contribution in [3.63, 3.8) is 0 Å². The van der Waals surface area contributed by atoms with Crippen molar-refractivity contribution < 1.29 is 5.11 Å². The van der Waals surface area contributed by atoms with Gasteiger partial charge >= 0.3 is 0 Å². The maximum absolute atomic E-state index is 9.21. The fourth-order valence-electron chi connectivity index (χ4n) is 2.97. The summed E-state index contributed by atoms with van der Waals surface area (Å²) in [7, 11) is 0. The molecule has 1 saturated carbocycles. The summed E-state index contributed by atoms with van der Waals surface area (Å²) in [6, 6.07) is 1.06. The second-order valence-electron chi connectivity index (χ2n) is 6.97. The number of hydrogen-bond donors (Lipinski definition) is 2. The Balaban J connectivity index is 2.60. The topological polar surface area (TPSA) is 32.3 Å². The van der Waals surface area contributed by atoms with Crippen molar-refractivity contribution in [3.05, 3.63) is 0 Å². The van der Waals surface area contributed by atoms with Gasteiger partial charge in [0.1, 0.15) is 0 Å². The SMILES string of the molecule is C[C@H]1[C@H](C)CCC[C@@H]1N[C@@H](CCO)C(C)(C)C. The standard InChI is InChI=1S/C15H31NO/c1-11-7-6-8-13(12(11)2)16-14(9-10-17)15(3,4)5/h11-14,16-17H,6-10H2,1-5H3/t11-,12+,13+,14+/m1/s1. The van der Waals surface area contributed by atoms with Crippen molar-refractivity contribution in [2.24, 2.45) is 17.3 Å². The van der Waals surface area contributed by atoms with E-state index in [0.29, 0.717) is 12.1 Å². The monoisotopic (exact) mass is 241 g/mol. The number of rotatable bonds is 4. The second-order valence-corrected chi connectivity index (χ2v) is 6.97. The molecule has 2 nitrogen and oxygen atoms in total. The first-order valence-electron chi connectivity index (χ1n) is 7.23. The summed E-state index contributed by atoms with van der Waals surface area (Å²) >= 11 is 0. The fraction of sp³-hybridized carbons (Fsp3) is 1.00. The van der Waals surface area contributed by atoms with Gasteiger partial charge < -0.3 is 10.4 Å². The van der Waals surface area contributed by atoms with Crippen LogP contribution in [-0.4, -0.2) is 23.8 Å². The van der Waals surface area contributed by atoms with Crippen LogP contribution in [0.5, 0.6) is 0 Å². The van der Waals surface area contributed by atoms with Crippen LogP contribution in [0.15, 0.2) is 0 Å². The predicted octanol–water partition coefficient (Wildman–Crippen LogP) is 3.20. The van der Waals surface area contributed by atoms with Crippen molar-refractivity contribution in [3.8, 4) is 0 Å². The van der Waals surface area contributed by atoms with E-state index >= 15 is 0 Å². The number of aliphatic hydroxyl groups is 1. The lowest BCUT2D eigenvalue weighted by molar-refractivity contribution is 0.136. The van der Waals surface area contributed by atoms with Gasteiger partial charge in [-0.3, -0.25) is 0 Å². The van der Waals surface area contributed by atoms with Crippen LogP contribution < -0.4 is 5.32 Å². The van der Waals surface area contributed by atoms with Gasteiger partial charge in [0.15, 0.2) is 0 Å². The molecule has 0 aliphatic heterocycles. The van der Waals surface area contributed by atoms with Gasteiger partial charge in [0.2, 0.25) is 0 Å². The molecule has 1 aliphatic rings. The quantitative estimate of drug-likeness (QED) is 0.792. The van der Waals surface area contributed by atoms with E-state index < -0.39 is 0 Å². The van der Waals surface area contributed by atoms with E-state index in [1.54, 1.807) is 0 Å². The Hall–Kier alpha value is -0.0800. The number of aliphatic hydroxyl groups excluding tert-OH is 1. The van der Waals surface area contributed by atoms with E-state index in [2.05, 4.69) is 39.9 Å². The minimum Gasteiger partial charge on any atom is -0.396 e. The van der Waals surface area contributed by atoms with Crippen molar-refractivity contribution >= 4 is 0 Å². The van der Waals surface area contributed by atoms with Crippen molar-refractivity contribution in [1.29, 1.82) is 0 Å². The van der Waals surface area contributed by atoms with Gasteiger partial charge in [0.05, 0.1) is 0 Å². The van der Waals surface area contributed by atoms with Crippen LogP contribution in [-0.2, 0) is 0 Å². The maximum atomic E-state index is 9.21. The predicted molar refractivity (Wildman–Crippen MR) is 74.0 cm³/mol. The van der Waals surface area contributed by atoms with E-state index in [9.17, 15) is 5.11 Å². The Morgan fingerprint density at radius 2 is 1.88 bits per heavy atom. The zero-order valence-electron chi connectivity index (χ0n) is 12.3. The number of nitrogens with one attached hydrogen (secondary N) is 1. The third-order valence-corrected chi connectivity index (χ3v) is 4.59. The van der Waals surface area contributed by atoms with Crippen LogP contribution in [0.2, 0.25) is 0 Å². The summed E-state index contributed by atoms with van der Waals surface area (Å²) in [5.74, 6) is 1.59. The molecule has 0 aromatic heterocycles. The van der Waals surface area contributed by atoms with E-state index in [4.69, 9.17) is 0 Å². The molecule has 0 aromatic rings. The van der Waals surface area contributed by atoms with Gasteiger partial charge in [0.25, 0.3) is 0 Å². The number of hydrogen-bond acceptors (Lipinski definition) is 2. The minimum absolute atomic E-state index is 0.225. The molecule has 0 aromatic carbocycles. The van der Waals surface area contributed by atoms with Crippen LogP contribution >= 0.6 is 0 Å². The summed E-state index contributed by atoms with van der Waals surface area (Å²) < 4.78 is 0. The summed E-state index contributed by atoms with van der Waals surface area (Å²) in [5.41, 5.74) is 0.225. The van der Waals surface area contributed by atoms with Crippen molar-refractivity contribution in [1.82, 2.24) is 5.32 Å². The molecule has 0 heterocycles. The van der Waals surface area contributed by atoms with E-state index in [1.165, 1.54) is 19.3 Å². The Labute approximate surface area is 107 Å². The van der Waals surface area contributed by atoms with Crippen molar-refractivity contribution in [2.75, 3.05) is 6.61 Å². The minimum atomic E-state index is 0.225. The molecule has 0 unspecified atom stereocenters. The molecule has 1 fully saturated rings. The normalized spacial score (nSPS) is 32.5. The average molecular weight is 241 g/mol. The van der Waals surface area contributed by atoms with E-state index in [1.807, 2.05) is 0 Å². The van der Waals surface area contributed by atoms with Crippen LogP contribution in [0.25, 0.3) is 0 Å². The Morgan fingerprint density at radius 1 is 1.24 bits per heavy atom. The maximum Gasteiger partial charge on any atom is 0.0446 e. The van der Waals surface area contributed by atoms with Crippen LogP contribution in [0.1, 0.15) is 60.3 Å². The molecule has 2 heteroatoms. The van der Waals surface area contributed by atoms with E-state index in [-0.39, 0.29) is 12.0 Å². The molecule has 0 amide bonds. The Morgan fingerprint density at radius 3 is 2.41 bits per heavy atom. The zero-order valence-corrected chi connectivity index (χ0v) is 12.3. The van der Waals surface area contributed by atoms with Gasteiger partial charge in [-0.1, -0.05) is 47.5 Å². The first-order chi connectivity index (χ1) is 7.86. The molecule has 102 valence electrons. The highest BCUT2D eigenvalue weighted by Crippen LogP contribution is 2.31. The lowest BCUT2D eigenvalue weighted by atomic mass is 9.76. The largest absolute Gasteiger partial charge is 0.396 e. The Bertz CT molecular complexity index is 221. The highest BCUT2D eigenvalue weighted by molar-refractivity contribution is 4.88. The molecule has 4 atom stereocenters. The van der Waals surface area contributed by atoms with Gasteiger partial charge in [-0.25, -0.2) is 0 Å². The van der Waals surface area contributed by atoms with Crippen LogP contribution in [0.4, 0.5) is 0 Å². The third-order valence-electron chi connectivity index (χ3n) is 4.59. The summed E-state index contributed by atoms with van der Waals surface area (Å²) in [5, 5.41) is 13.0. The van der Waals surface area contributed by atoms with Gasteiger partial charge in [-0.15, -0.1) is 0 Å². The Kier molecular flexibility index (Phi) is 5.46. The zero-order chi connectivity index (χ0) is 13.1. The molecule has 17 heavy (non-hydrogen) atoms. The highest BCUT2D eigenvalue weighted by Gasteiger charge is 2.32. The molecule has 1 rings (SSSR count). The van der Waals surface area contributed by atoms with Crippen LogP contribution in [0, 0.1) is 17.3 Å². The molecule has 0 saturated heterocycles. The van der Waals surface area contributed by atoms with Gasteiger partial charge in [-0.2, -0.15) is 0 Å². The third kappa shape index (κ3) is 4.26. The highest BCUT2D eigenvalue weighted by atomic mass is 16.3. The molecular formula is C15H31NO. The second kappa shape index (κ2) is 6.19. The molecule has 0 radical (unpaired) electrons. The average Bonchev–Trinajstić information content (AvgIpc) is 2.22. The lowest BCUT2D eigenvalue weighted by Gasteiger charge is -2.41. The van der Waals surface area contributed by atoms with Crippen molar-refractivity contribution in [2.45, 2.75) is 72.4 Å². The molecule has 0 bridgehead atoms. The first-order valence-corrected chi connectivity index (χ1v) is 7.23. The molecule has 0 spiro atoms. The van der Waals surface area contributed by atoms with Gasteiger partial charge in [-0.05, 0) is 30.1 Å². The summed E-state index contributed by atoms with van der Waals surface area (Å²) in [6.45, 7) is 11.8. The summed E-state index contributed by atoms with van der Waals surface area (Å²) in [6.07, 6.45) is 4.88. The first kappa shape index (κ1) is 15.0. The summed E-state index contributed by atoms with van der Waals surface area (Å²) in [4.78, 5) is 0. The smallest absolute Gasteiger partial charge is 0.0446 e. The molecule has 2 N–H and O–H groups in total. The van der Waals surface area contributed by atoms with E-state index in [0.717, 1.165) is 18.3 Å². The van der Waals surface area contributed by atoms with Crippen LogP contribution in [0.3, 0.4) is 0 Å². The lowest BCUT2D eigenvalue weighted by Crippen LogP contribution is -2.50. The molecule has 1 aliphatic carbocycles.